The number of carbonyl (C=O) groups excluding carboxylic acids is 1. The molecule has 0 radical (unpaired) electrons. The van der Waals surface area contributed by atoms with Gasteiger partial charge in [-0.15, -0.1) is 0 Å². The van der Waals surface area contributed by atoms with Gasteiger partial charge in [-0.25, -0.2) is 8.42 Å². The van der Waals surface area contributed by atoms with Crippen molar-refractivity contribution in [1.29, 1.82) is 0 Å². The quantitative estimate of drug-likeness (QED) is 0.237. The highest BCUT2D eigenvalue weighted by molar-refractivity contribution is 7.92. The highest BCUT2D eigenvalue weighted by atomic mass is 35.5. The zero-order valence-electron chi connectivity index (χ0n) is 19.9. The van der Waals surface area contributed by atoms with E-state index >= 15 is 0 Å². The van der Waals surface area contributed by atoms with Gasteiger partial charge in [-0.05, 0) is 55.5 Å². The number of amides is 1. The van der Waals surface area contributed by atoms with E-state index in [9.17, 15) is 13.2 Å². The van der Waals surface area contributed by atoms with Crippen molar-refractivity contribution in [3.63, 3.8) is 0 Å². The summed E-state index contributed by atoms with van der Waals surface area (Å²) in [5.74, 6) is -0.519. The molecule has 37 heavy (non-hydrogen) atoms. The molecule has 0 spiro atoms. The number of hydrogen-bond donors (Lipinski definition) is 1. The molecule has 0 unspecified atom stereocenters. The Bertz CT molecular complexity index is 1730. The zero-order valence-corrected chi connectivity index (χ0v) is 22.2. The Labute approximate surface area is 225 Å². The summed E-state index contributed by atoms with van der Waals surface area (Å²) in [5.41, 5.74) is 2.85. The van der Waals surface area contributed by atoms with E-state index in [2.05, 4.69) is 22.9 Å². The second-order valence-corrected chi connectivity index (χ2v) is 11.1. The number of para-hydroxylation sites is 1. The molecule has 4 aromatic carbocycles. The highest BCUT2D eigenvalue weighted by Crippen LogP contribution is 2.36. The number of nitrogens with zero attached hydrogens (tertiary/aromatic N) is 2. The second kappa shape index (κ2) is 10.1. The van der Waals surface area contributed by atoms with Crippen LogP contribution in [0.4, 0.5) is 11.4 Å². The number of fused-ring (bicyclic) bond motifs is 3. The minimum absolute atomic E-state index is 0.0348. The van der Waals surface area contributed by atoms with Crippen LogP contribution in [0.5, 0.6) is 0 Å². The van der Waals surface area contributed by atoms with Gasteiger partial charge in [-0.3, -0.25) is 9.10 Å². The van der Waals surface area contributed by atoms with E-state index in [0.717, 1.165) is 32.7 Å². The van der Waals surface area contributed by atoms with Crippen molar-refractivity contribution < 1.29 is 13.2 Å². The van der Waals surface area contributed by atoms with Crippen LogP contribution < -0.4 is 9.62 Å². The number of anilines is 2. The highest BCUT2D eigenvalue weighted by Gasteiger charge is 2.29. The molecular formula is C28H23Cl2N3O3S. The average molecular weight is 552 g/mol. The van der Waals surface area contributed by atoms with Gasteiger partial charge in [0.25, 0.3) is 10.0 Å². The summed E-state index contributed by atoms with van der Waals surface area (Å²) >= 11 is 12.6. The lowest BCUT2D eigenvalue weighted by Gasteiger charge is -2.25. The molecular weight excluding hydrogens is 529 g/mol. The molecule has 0 saturated heterocycles. The van der Waals surface area contributed by atoms with Crippen LogP contribution in [0.1, 0.15) is 6.92 Å². The second-order valence-electron chi connectivity index (χ2n) is 8.44. The number of nitrogens with one attached hydrogen (secondary N) is 1. The van der Waals surface area contributed by atoms with Crippen molar-refractivity contribution in [2.24, 2.45) is 0 Å². The lowest BCUT2D eigenvalue weighted by Crippen LogP contribution is -2.38. The smallest absolute Gasteiger partial charge is 0.264 e. The summed E-state index contributed by atoms with van der Waals surface area (Å²) in [4.78, 5) is 13.3. The van der Waals surface area contributed by atoms with Crippen molar-refractivity contribution in [2.45, 2.75) is 18.4 Å². The fraction of sp³-hybridized carbons (Fsp3) is 0.107. The largest absolute Gasteiger partial charge is 0.341 e. The van der Waals surface area contributed by atoms with Crippen LogP contribution in [0.3, 0.4) is 0 Å². The van der Waals surface area contributed by atoms with E-state index in [0.29, 0.717) is 5.69 Å². The Morgan fingerprint density at radius 2 is 1.57 bits per heavy atom. The first-order chi connectivity index (χ1) is 17.8. The van der Waals surface area contributed by atoms with Gasteiger partial charge in [0, 0.05) is 34.0 Å². The van der Waals surface area contributed by atoms with E-state index in [4.69, 9.17) is 23.2 Å². The van der Waals surface area contributed by atoms with Gasteiger partial charge in [-0.1, -0.05) is 65.7 Å². The van der Waals surface area contributed by atoms with Crippen LogP contribution in [-0.4, -0.2) is 25.4 Å². The van der Waals surface area contributed by atoms with Crippen molar-refractivity contribution in [3.8, 4) is 0 Å². The van der Waals surface area contributed by atoms with E-state index in [1.807, 2.05) is 36.4 Å². The van der Waals surface area contributed by atoms with Crippen LogP contribution >= 0.6 is 23.2 Å². The van der Waals surface area contributed by atoms with Gasteiger partial charge in [0.15, 0.2) is 0 Å². The zero-order chi connectivity index (χ0) is 26.2. The number of hydrogen-bond acceptors (Lipinski definition) is 3. The molecule has 0 saturated carbocycles. The maximum Gasteiger partial charge on any atom is 0.264 e. The third-order valence-corrected chi connectivity index (χ3v) is 8.77. The standard InChI is InChI=1S/C28H23Cl2N3O3S/c1-2-32-24-13-7-6-11-21(24)22-17-19(15-16-25(22)32)31-27(34)18-33(26-14-8-12-23(29)28(26)30)37(35,36)20-9-4-3-5-10-20/h3-17H,2,18H2,1H3,(H,31,34). The van der Waals surface area contributed by atoms with Gasteiger partial charge in [0.2, 0.25) is 5.91 Å². The van der Waals surface area contributed by atoms with Crippen LogP contribution in [0.15, 0.2) is 95.9 Å². The van der Waals surface area contributed by atoms with E-state index in [-0.39, 0.29) is 20.6 Å². The molecule has 5 aromatic rings. The molecule has 9 heteroatoms. The third kappa shape index (κ3) is 4.66. The van der Waals surface area contributed by atoms with E-state index in [1.54, 1.807) is 30.3 Å². The van der Waals surface area contributed by atoms with E-state index < -0.39 is 22.5 Å². The Hall–Kier alpha value is -3.52. The molecule has 0 fully saturated rings. The lowest BCUT2D eigenvalue weighted by atomic mass is 10.1. The van der Waals surface area contributed by atoms with E-state index in [1.165, 1.54) is 18.2 Å². The topological polar surface area (TPSA) is 71.4 Å². The number of aromatic nitrogens is 1. The third-order valence-electron chi connectivity index (χ3n) is 6.19. The molecule has 0 aliphatic carbocycles. The van der Waals surface area contributed by atoms with Crippen LogP contribution in [0.25, 0.3) is 21.8 Å². The summed E-state index contributed by atoms with van der Waals surface area (Å²) < 4.78 is 30.4. The number of rotatable bonds is 7. The fourth-order valence-electron chi connectivity index (χ4n) is 4.51. The maximum absolute atomic E-state index is 13.6. The molecule has 5 rings (SSSR count). The van der Waals surface area contributed by atoms with Crippen molar-refractivity contribution >= 4 is 72.3 Å². The number of sulfonamides is 1. The first kappa shape index (κ1) is 25.1. The number of carbonyl (C=O) groups is 1. The number of halogens is 2. The molecule has 0 aliphatic rings. The predicted molar refractivity (Wildman–Crippen MR) is 151 cm³/mol. The molecule has 1 aromatic heterocycles. The molecule has 1 N–H and O–H groups in total. The monoisotopic (exact) mass is 551 g/mol. The summed E-state index contributed by atoms with van der Waals surface area (Å²) in [7, 11) is -4.12. The van der Waals surface area contributed by atoms with Gasteiger partial charge >= 0.3 is 0 Å². The summed E-state index contributed by atoms with van der Waals surface area (Å²) in [5, 5.41) is 5.17. The normalized spacial score (nSPS) is 11.6. The van der Waals surface area contributed by atoms with Crippen LogP contribution in [-0.2, 0) is 21.4 Å². The molecule has 1 heterocycles. The van der Waals surface area contributed by atoms with Gasteiger partial charge in [-0.2, -0.15) is 0 Å². The maximum atomic E-state index is 13.6. The molecule has 0 aliphatic heterocycles. The first-order valence-corrected chi connectivity index (χ1v) is 13.8. The molecule has 0 bridgehead atoms. The Kier molecular flexibility index (Phi) is 6.86. The minimum atomic E-state index is -4.12. The fourth-order valence-corrected chi connectivity index (χ4v) is 6.41. The van der Waals surface area contributed by atoms with Gasteiger partial charge in [0.1, 0.15) is 6.54 Å². The van der Waals surface area contributed by atoms with Crippen molar-refractivity contribution in [1.82, 2.24) is 4.57 Å². The number of benzene rings is 4. The van der Waals surface area contributed by atoms with Gasteiger partial charge in [0.05, 0.1) is 20.6 Å². The minimum Gasteiger partial charge on any atom is -0.341 e. The lowest BCUT2D eigenvalue weighted by molar-refractivity contribution is -0.114. The number of aryl methyl sites for hydroxylation is 1. The van der Waals surface area contributed by atoms with Gasteiger partial charge < -0.3 is 9.88 Å². The molecule has 0 atom stereocenters. The van der Waals surface area contributed by atoms with Crippen LogP contribution in [0, 0.1) is 0 Å². The SMILES string of the molecule is CCn1c2ccccc2c2cc(NC(=O)CN(c3cccc(Cl)c3Cl)S(=O)(=O)c3ccccc3)ccc21. The predicted octanol–water partition coefficient (Wildman–Crippen LogP) is 6.96. The molecule has 1 amide bonds. The summed E-state index contributed by atoms with van der Waals surface area (Å²) in [6.45, 7) is 2.40. The molecule has 6 nitrogen and oxygen atoms in total. The first-order valence-electron chi connectivity index (χ1n) is 11.6. The summed E-state index contributed by atoms with van der Waals surface area (Å²) in [6, 6.07) is 26.3. The van der Waals surface area contributed by atoms with Crippen LogP contribution in [0.2, 0.25) is 10.0 Å². The van der Waals surface area contributed by atoms with Crippen molar-refractivity contribution in [2.75, 3.05) is 16.2 Å². The Morgan fingerprint density at radius 1 is 0.865 bits per heavy atom. The Balaban J connectivity index is 1.51. The molecule has 188 valence electrons. The Morgan fingerprint density at radius 3 is 2.32 bits per heavy atom. The summed E-state index contributed by atoms with van der Waals surface area (Å²) in [6.07, 6.45) is 0. The average Bonchev–Trinajstić information content (AvgIpc) is 3.22. The van der Waals surface area contributed by atoms with Crippen molar-refractivity contribution in [3.05, 3.63) is 101 Å².